The highest BCUT2D eigenvalue weighted by atomic mass is 16.5. The molecule has 7 nitrogen and oxygen atoms in total. The van der Waals surface area contributed by atoms with Crippen molar-refractivity contribution in [1.29, 1.82) is 0 Å². The molecule has 0 radical (unpaired) electrons. The predicted molar refractivity (Wildman–Crippen MR) is 122 cm³/mol. The average Bonchev–Trinajstić information content (AvgIpc) is 3.14. The van der Waals surface area contributed by atoms with E-state index < -0.39 is 5.97 Å². The van der Waals surface area contributed by atoms with Crippen LogP contribution in [-0.2, 0) is 11.3 Å². The number of benzene rings is 2. The van der Waals surface area contributed by atoms with Gasteiger partial charge in [-0.05, 0) is 53.6 Å². The number of hydrogen-bond donors (Lipinski definition) is 2. The average molecular weight is 442 g/mol. The number of aliphatic carboxylic acids is 1. The van der Waals surface area contributed by atoms with Gasteiger partial charge in [0.2, 0.25) is 5.75 Å². The topological polar surface area (TPSA) is 94.1 Å². The number of carbonyl (C=O) groups excluding carboxylic acids is 1. The Morgan fingerprint density at radius 3 is 2.50 bits per heavy atom. The second kappa shape index (κ2) is 9.94. The fourth-order valence-corrected chi connectivity index (χ4v) is 3.89. The zero-order chi connectivity index (χ0) is 23.3. The molecule has 7 heteroatoms. The minimum absolute atomic E-state index is 0.0556. The lowest BCUT2D eigenvalue weighted by molar-refractivity contribution is -0.137. The number of fused-ring (bicyclic) bond motifs is 1. The van der Waals surface area contributed by atoms with E-state index in [-0.39, 0.29) is 17.7 Å². The third kappa shape index (κ3) is 5.33. The molecule has 0 bridgehead atoms. The Labute approximate surface area is 188 Å². The smallest absolute Gasteiger partial charge is 0.303 e. The lowest BCUT2D eigenvalue weighted by Crippen LogP contribution is -2.22. The molecular weight excluding hydrogens is 410 g/mol. The van der Waals surface area contributed by atoms with E-state index in [1.165, 1.54) is 0 Å². The molecule has 2 aromatic carbocycles. The summed E-state index contributed by atoms with van der Waals surface area (Å²) >= 11 is 0. The summed E-state index contributed by atoms with van der Waals surface area (Å²) in [4.78, 5) is 22.7. The van der Waals surface area contributed by atoms with Crippen LogP contribution in [0.2, 0.25) is 0 Å². The first-order valence-corrected chi connectivity index (χ1v) is 10.8. The van der Waals surface area contributed by atoms with Crippen molar-refractivity contribution in [2.24, 2.45) is 5.41 Å². The van der Waals surface area contributed by atoms with E-state index in [2.05, 4.69) is 19.2 Å². The maximum atomic E-state index is 11.9. The van der Waals surface area contributed by atoms with Crippen LogP contribution in [0.1, 0.15) is 55.5 Å². The summed E-state index contributed by atoms with van der Waals surface area (Å²) in [5.74, 6) is 0.851. The number of carbonyl (C=O) groups is 2. The summed E-state index contributed by atoms with van der Waals surface area (Å²) < 4.78 is 17.5. The SMILES string of the molecule is COc1ccc(-c2ccc3c(c2)CNC3=O)c(OCC(C)(C)CCCCC(=O)O)c1OC. The lowest BCUT2D eigenvalue weighted by Gasteiger charge is -2.26. The fraction of sp³-hybridized carbons (Fsp3) is 0.440. The lowest BCUT2D eigenvalue weighted by atomic mass is 9.88. The number of carboxylic acids is 1. The van der Waals surface area contributed by atoms with Crippen molar-refractivity contribution in [3.8, 4) is 28.4 Å². The summed E-state index contributed by atoms with van der Waals surface area (Å²) in [6.45, 7) is 5.15. The molecule has 1 amide bonds. The van der Waals surface area contributed by atoms with E-state index in [0.29, 0.717) is 42.4 Å². The van der Waals surface area contributed by atoms with Crippen molar-refractivity contribution in [3.05, 3.63) is 41.5 Å². The first kappa shape index (κ1) is 23.4. The number of amides is 1. The van der Waals surface area contributed by atoms with Crippen molar-refractivity contribution in [2.75, 3.05) is 20.8 Å². The molecular formula is C25H31NO6. The van der Waals surface area contributed by atoms with Crippen molar-refractivity contribution >= 4 is 11.9 Å². The normalized spacial score (nSPS) is 12.8. The molecule has 0 saturated carbocycles. The molecule has 0 aromatic heterocycles. The molecule has 32 heavy (non-hydrogen) atoms. The monoisotopic (exact) mass is 441 g/mol. The van der Waals surface area contributed by atoms with Gasteiger partial charge in [0.05, 0.1) is 20.8 Å². The first-order chi connectivity index (χ1) is 15.3. The highest BCUT2D eigenvalue weighted by molar-refractivity contribution is 5.99. The van der Waals surface area contributed by atoms with Gasteiger partial charge in [0.1, 0.15) is 0 Å². The van der Waals surface area contributed by atoms with Crippen LogP contribution in [0.5, 0.6) is 17.2 Å². The van der Waals surface area contributed by atoms with Gasteiger partial charge >= 0.3 is 5.97 Å². The molecule has 0 fully saturated rings. The second-order valence-corrected chi connectivity index (χ2v) is 8.79. The van der Waals surface area contributed by atoms with Gasteiger partial charge in [-0.25, -0.2) is 0 Å². The summed E-state index contributed by atoms with van der Waals surface area (Å²) in [6.07, 6.45) is 2.49. The standard InChI is InChI=1S/C25H31NO6/c1-25(2,12-6-5-7-21(27)28)15-32-22-18(10-11-20(30-3)23(22)31-4)16-8-9-19-17(13-16)14-26-24(19)29/h8-11,13H,5-7,12,14-15H2,1-4H3,(H,26,29)(H,27,28). The van der Waals surface area contributed by atoms with Crippen molar-refractivity contribution in [1.82, 2.24) is 5.32 Å². The van der Waals surface area contributed by atoms with Gasteiger partial charge in [0, 0.05) is 24.1 Å². The Bertz CT molecular complexity index is 998. The minimum Gasteiger partial charge on any atom is -0.493 e. The molecule has 1 aliphatic heterocycles. The van der Waals surface area contributed by atoms with E-state index in [9.17, 15) is 9.59 Å². The Balaban J connectivity index is 1.87. The Hall–Kier alpha value is -3.22. The number of nitrogens with one attached hydrogen (secondary N) is 1. The number of rotatable bonds is 11. The zero-order valence-corrected chi connectivity index (χ0v) is 19.1. The summed E-state index contributed by atoms with van der Waals surface area (Å²) in [5, 5.41) is 11.7. The molecule has 0 aliphatic carbocycles. The Morgan fingerprint density at radius 1 is 1.06 bits per heavy atom. The zero-order valence-electron chi connectivity index (χ0n) is 19.1. The highest BCUT2D eigenvalue weighted by Crippen LogP contribution is 2.45. The summed E-state index contributed by atoms with van der Waals surface area (Å²) in [6, 6.07) is 9.52. The minimum atomic E-state index is -0.768. The van der Waals surface area contributed by atoms with Crippen molar-refractivity contribution < 1.29 is 28.9 Å². The van der Waals surface area contributed by atoms with E-state index in [1.807, 2.05) is 30.3 Å². The van der Waals surface area contributed by atoms with Gasteiger partial charge in [-0.15, -0.1) is 0 Å². The maximum Gasteiger partial charge on any atom is 0.303 e. The molecule has 172 valence electrons. The van der Waals surface area contributed by atoms with Crippen LogP contribution < -0.4 is 19.5 Å². The van der Waals surface area contributed by atoms with Crippen molar-refractivity contribution in [3.63, 3.8) is 0 Å². The highest BCUT2D eigenvalue weighted by Gasteiger charge is 2.25. The van der Waals surface area contributed by atoms with E-state index in [0.717, 1.165) is 29.5 Å². The number of ether oxygens (including phenoxy) is 3. The van der Waals surface area contributed by atoms with Gasteiger partial charge in [-0.1, -0.05) is 26.3 Å². The molecule has 0 spiro atoms. The summed E-state index contributed by atoms with van der Waals surface area (Å²) in [5.41, 5.74) is 3.27. The number of methoxy groups -OCH3 is 2. The molecule has 0 unspecified atom stereocenters. The van der Waals surface area contributed by atoms with Crippen LogP contribution in [0.25, 0.3) is 11.1 Å². The largest absolute Gasteiger partial charge is 0.493 e. The van der Waals surface area contributed by atoms with Gasteiger partial charge < -0.3 is 24.6 Å². The molecule has 0 saturated heterocycles. The summed E-state index contributed by atoms with van der Waals surface area (Å²) in [7, 11) is 3.16. The maximum absolute atomic E-state index is 11.9. The third-order valence-electron chi connectivity index (χ3n) is 5.70. The van der Waals surface area contributed by atoms with Crippen LogP contribution in [0, 0.1) is 5.41 Å². The van der Waals surface area contributed by atoms with Gasteiger partial charge in [0.15, 0.2) is 11.5 Å². The van der Waals surface area contributed by atoms with Gasteiger partial charge in [-0.2, -0.15) is 0 Å². The fourth-order valence-electron chi connectivity index (χ4n) is 3.89. The Kier molecular flexibility index (Phi) is 7.28. The predicted octanol–water partition coefficient (Wildman–Crippen LogP) is 4.66. The van der Waals surface area contributed by atoms with E-state index >= 15 is 0 Å². The molecule has 0 atom stereocenters. The number of unbranched alkanes of at least 4 members (excludes halogenated alkanes) is 1. The molecule has 1 aliphatic rings. The van der Waals surface area contributed by atoms with Gasteiger partial charge in [-0.3, -0.25) is 9.59 Å². The first-order valence-electron chi connectivity index (χ1n) is 10.8. The molecule has 3 rings (SSSR count). The molecule has 2 aromatic rings. The number of carboxylic acid groups (broad SMARTS) is 1. The van der Waals surface area contributed by atoms with Crippen LogP contribution >= 0.6 is 0 Å². The van der Waals surface area contributed by atoms with Gasteiger partial charge in [0.25, 0.3) is 5.91 Å². The third-order valence-corrected chi connectivity index (χ3v) is 5.70. The van der Waals surface area contributed by atoms with E-state index in [1.54, 1.807) is 14.2 Å². The number of hydrogen-bond acceptors (Lipinski definition) is 5. The van der Waals surface area contributed by atoms with Crippen LogP contribution in [0.15, 0.2) is 30.3 Å². The van der Waals surface area contributed by atoms with Crippen molar-refractivity contribution in [2.45, 2.75) is 46.1 Å². The second-order valence-electron chi connectivity index (χ2n) is 8.79. The Morgan fingerprint density at radius 2 is 1.81 bits per heavy atom. The quantitative estimate of drug-likeness (QED) is 0.493. The van der Waals surface area contributed by atoms with Crippen LogP contribution in [-0.4, -0.2) is 37.8 Å². The van der Waals surface area contributed by atoms with Crippen LogP contribution in [0.3, 0.4) is 0 Å². The molecule has 2 N–H and O–H groups in total. The van der Waals surface area contributed by atoms with Crippen LogP contribution in [0.4, 0.5) is 0 Å². The van der Waals surface area contributed by atoms with E-state index in [4.69, 9.17) is 19.3 Å². The molecule has 1 heterocycles.